The molecule has 0 bridgehead atoms. The van der Waals surface area contributed by atoms with Crippen LogP contribution in [-0.2, 0) is 11.3 Å². The van der Waals surface area contributed by atoms with Gasteiger partial charge in [0.05, 0.1) is 11.9 Å². The molecular weight excluding hydrogens is 376 g/mol. The molecule has 2 aromatic heterocycles. The minimum absolute atomic E-state index is 0.274. The number of pyridine rings is 1. The highest BCUT2D eigenvalue weighted by atomic mass is 32.1. The van der Waals surface area contributed by atoms with Gasteiger partial charge in [0.1, 0.15) is 12.3 Å². The molecule has 8 nitrogen and oxygen atoms in total. The lowest BCUT2D eigenvalue weighted by molar-refractivity contribution is 0.0942. The number of nitrogens with zero attached hydrogens (tertiary/aromatic N) is 5. The fraction of sp³-hybridized carbons (Fsp3) is 0.263. The van der Waals surface area contributed by atoms with Gasteiger partial charge < -0.3 is 20.3 Å². The van der Waals surface area contributed by atoms with Crippen molar-refractivity contribution in [2.45, 2.75) is 6.61 Å². The van der Waals surface area contributed by atoms with Gasteiger partial charge in [0.25, 0.3) is 0 Å². The molecule has 1 aliphatic rings. The third kappa shape index (κ3) is 4.20. The van der Waals surface area contributed by atoms with Gasteiger partial charge in [0.2, 0.25) is 0 Å². The molecule has 0 saturated carbocycles. The zero-order valence-electron chi connectivity index (χ0n) is 15.2. The highest BCUT2D eigenvalue weighted by Crippen LogP contribution is 2.21. The third-order valence-electron chi connectivity index (χ3n) is 4.53. The van der Waals surface area contributed by atoms with E-state index < -0.39 is 0 Å². The smallest absolute Gasteiger partial charge is 0.410 e. The Morgan fingerprint density at radius 2 is 1.89 bits per heavy atom. The van der Waals surface area contributed by atoms with Crippen molar-refractivity contribution in [2.24, 2.45) is 0 Å². The van der Waals surface area contributed by atoms with E-state index in [1.807, 2.05) is 42.5 Å². The Morgan fingerprint density at radius 1 is 1.11 bits per heavy atom. The molecule has 9 heteroatoms. The van der Waals surface area contributed by atoms with Gasteiger partial charge in [-0.25, -0.2) is 4.79 Å². The van der Waals surface area contributed by atoms with Gasteiger partial charge in [-0.2, -0.15) is 9.36 Å². The fourth-order valence-corrected chi connectivity index (χ4v) is 3.44. The largest absolute Gasteiger partial charge is 0.445 e. The molecule has 3 aromatic rings. The molecule has 0 spiro atoms. The van der Waals surface area contributed by atoms with Crippen LogP contribution in [0.25, 0.3) is 11.5 Å². The topological polar surface area (TPSA) is 97.5 Å². The zero-order valence-corrected chi connectivity index (χ0v) is 16.0. The van der Waals surface area contributed by atoms with E-state index in [1.165, 1.54) is 0 Å². The van der Waals surface area contributed by atoms with Gasteiger partial charge in [-0.1, -0.05) is 30.3 Å². The monoisotopic (exact) mass is 396 g/mol. The van der Waals surface area contributed by atoms with Crippen LogP contribution in [0, 0.1) is 0 Å². The molecular formula is C19H20N6O2S. The molecule has 1 aromatic carbocycles. The van der Waals surface area contributed by atoms with Crippen LogP contribution in [-0.4, -0.2) is 51.5 Å². The second-order valence-corrected chi connectivity index (χ2v) is 7.16. The van der Waals surface area contributed by atoms with Crippen molar-refractivity contribution in [1.82, 2.24) is 19.2 Å². The zero-order chi connectivity index (χ0) is 19.3. The van der Waals surface area contributed by atoms with Gasteiger partial charge in [-0.05, 0) is 17.7 Å². The maximum absolute atomic E-state index is 12.3. The molecule has 0 radical (unpaired) electrons. The van der Waals surface area contributed by atoms with Gasteiger partial charge in [0, 0.05) is 37.7 Å². The summed E-state index contributed by atoms with van der Waals surface area (Å²) in [6, 6.07) is 13.6. The number of hydrogen-bond donors (Lipinski definition) is 1. The van der Waals surface area contributed by atoms with Crippen LogP contribution in [0.15, 0.2) is 48.7 Å². The highest BCUT2D eigenvalue weighted by Gasteiger charge is 2.22. The first-order valence-electron chi connectivity index (χ1n) is 8.95. The van der Waals surface area contributed by atoms with Crippen LogP contribution in [0.1, 0.15) is 5.56 Å². The number of rotatable bonds is 4. The van der Waals surface area contributed by atoms with E-state index in [-0.39, 0.29) is 6.09 Å². The van der Waals surface area contributed by atoms with Crippen LogP contribution < -0.4 is 10.6 Å². The molecule has 0 aliphatic carbocycles. The first kappa shape index (κ1) is 18.2. The molecule has 2 N–H and O–H groups in total. The van der Waals surface area contributed by atoms with Crippen LogP contribution in [0.3, 0.4) is 0 Å². The SMILES string of the molecule is Nc1nc(-c2ccc(N3CCN(C(=O)OCc4ccccc4)CC3)cn2)ns1. The molecule has 3 heterocycles. The lowest BCUT2D eigenvalue weighted by Gasteiger charge is -2.35. The van der Waals surface area contributed by atoms with Crippen molar-refractivity contribution in [2.75, 3.05) is 36.8 Å². The molecule has 1 saturated heterocycles. The van der Waals surface area contributed by atoms with E-state index in [0.29, 0.717) is 36.3 Å². The van der Waals surface area contributed by atoms with E-state index >= 15 is 0 Å². The summed E-state index contributed by atoms with van der Waals surface area (Å²) < 4.78 is 9.58. The second kappa shape index (κ2) is 8.22. The first-order valence-corrected chi connectivity index (χ1v) is 9.72. The van der Waals surface area contributed by atoms with Gasteiger partial charge in [-0.15, -0.1) is 0 Å². The summed E-state index contributed by atoms with van der Waals surface area (Å²) in [5, 5.41) is 0.427. The summed E-state index contributed by atoms with van der Waals surface area (Å²) in [6.07, 6.45) is 1.53. The molecule has 0 unspecified atom stereocenters. The Morgan fingerprint density at radius 3 is 2.54 bits per heavy atom. The van der Waals surface area contributed by atoms with Crippen LogP contribution in [0.5, 0.6) is 0 Å². The lowest BCUT2D eigenvalue weighted by Crippen LogP contribution is -2.49. The number of ether oxygens (including phenoxy) is 1. The maximum atomic E-state index is 12.3. The summed E-state index contributed by atoms with van der Waals surface area (Å²) in [7, 11) is 0. The number of hydrogen-bond acceptors (Lipinski definition) is 8. The Hall–Kier alpha value is -3.20. The maximum Gasteiger partial charge on any atom is 0.410 e. The number of anilines is 2. The Balaban J connectivity index is 1.29. The number of amides is 1. The molecule has 144 valence electrons. The molecule has 1 amide bonds. The molecule has 4 rings (SSSR count). The number of nitrogens with two attached hydrogens (primary N) is 1. The van der Waals surface area contributed by atoms with Crippen molar-refractivity contribution < 1.29 is 9.53 Å². The minimum Gasteiger partial charge on any atom is -0.445 e. The standard InChI is InChI=1S/C19H20N6O2S/c20-18-22-17(23-28-18)16-7-6-15(12-21-16)24-8-10-25(11-9-24)19(26)27-13-14-4-2-1-3-5-14/h1-7,12H,8-11,13H2,(H2,20,22,23). The average molecular weight is 396 g/mol. The normalized spacial score (nSPS) is 14.1. The van der Waals surface area contributed by atoms with Gasteiger partial charge in [-0.3, -0.25) is 4.98 Å². The number of piperazine rings is 1. The van der Waals surface area contributed by atoms with E-state index in [1.54, 1.807) is 11.1 Å². The second-order valence-electron chi connectivity index (χ2n) is 6.37. The quantitative estimate of drug-likeness (QED) is 0.724. The lowest BCUT2D eigenvalue weighted by atomic mass is 10.2. The number of carbonyl (C=O) groups excluding carboxylic acids is 1. The minimum atomic E-state index is -0.274. The Labute approximate surface area is 166 Å². The number of aromatic nitrogens is 3. The number of carbonyl (C=O) groups is 1. The number of benzene rings is 1. The van der Waals surface area contributed by atoms with E-state index in [2.05, 4.69) is 19.2 Å². The first-order chi connectivity index (χ1) is 13.7. The van der Waals surface area contributed by atoms with E-state index in [0.717, 1.165) is 35.9 Å². The van der Waals surface area contributed by atoms with Gasteiger partial charge >= 0.3 is 6.09 Å². The summed E-state index contributed by atoms with van der Waals surface area (Å²) >= 11 is 1.15. The van der Waals surface area contributed by atoms with Crippen molar-refractivity contribution in [1.29, 1.82) is 0 Å². The van der Waals surface area contributed by atoms with Crippen molar-refractivity contribution in [3.63, 3.8) is 0 Å². The highest BCUT2D eigenvalue weighted by molar-refractivity contribution is 7.09. The average Bonchev–Trinajstić information content (AvgIpc) is 3.19. The van der Waals surface area contributed by atoms with Gasteiger partial charge in [0.15, 0.2) is 11.0 Å². The predicted molar refractivity (Wildman–Crippen MR) is 108 cm³/mol. The fourth-order valence-electron chi connectivity index (χ4n) is 3.00. The summed E-state index contributed by atoms with van der Waals surface area (Å²) in [5.41, 5.74) is 8.30. The summed E-state index contributed by atoms with van der Waals surface area (Å²) in [4.78, 5) is 24.8. The summed E-state index contributed by atoms with van der Waals surface area (Å²) in [6.45, 7) is 2.96. The molecule has 1 aliphatic heterocycles. The van der Waals surface area contributed by atoms with E-state index in [4.69, 9.17) is 10.5 Å². The van der Waals surface area contributed by atoms with Crippen LogP contribution in [0.2, 0.25) is 0 Å². The van der Waals surface area contributed by atoms with Crippen molar-refractivity contribution >= 4 is 28.4 Å². The molecule has 1 fully saturated rings. The number of nitrogen functional groups attached to an aromatic ring is 1. The van der Waals surface area contributed by atoms with Crippen molar-refractivity contribution in [3.05, 3.63) is 54.2 Å². The van der Waals surface area contributed by atoms with Crippen LogP contribution in [0.4, 0.5) is 15.6 Å². The molecule has 28 heavy (non-hydrogen) atoms. The Kier molecular flexibility index (Phi) is 5.34. The Bertz CT molecular complexity index is 923. The van der Waals surface area contributed by atoms with E-state index in [9.17, 15) is 4.79 Å². The third-order valence-corrected chi connectivity index (χ3v) is 5.07. The molecule has 0 atom stereocenters. The summed E-state index contributed by atoms with van der Waals surface area (Å²) in [5.74, 6) is 0.542. The van der Waals surface area contributed by atoms with Crippen LogP contribution >= 0.6 is 11.5 Å². The van der Waals surface area contributed by atoms with Crippen molar-refractivity contribution in [3.8, 4) is 11.5 Å². The predicted octanol–water partition coefficient (Wildman–Crippen LogP) is 2.64.